The molecule has 11 nitrogen and oxygen atoms in total. The first-order chi connectivity index (χ1) is 10.4. The molecule has 0 bridgehead atoms. The van der Waals surface area contributed by atoms with Crippen molar-refractivity contribution < 1.29 is 24.3 Å². The summed E-state index contributed by atoms with van der Waals surface area (Å²) in [5, 5.41) is 34.2. The molecule has 5 atom stereocenters. The van der Waals surface area contributed by atoms with E-state index in [9.17, 15) is 14.4 Å². The molecule has 1 fully saturated rings. The summed E-state index contributed by atoms with van der Waals surface area (Å²) in [5.41, 5.74) is 5.85. The van der Waals surface area contributed by atoms with Crippen LogP contribution in [0.5, 0.6) is 0 Å². The lowest BCUT2D eigenvalue weighted by molar-refractivity contribution is -0.0511. The topological polar surface area (TPSA) is 183 Å². The minimum Gasteiger partial charge on any atom is -0.394 e. The fourth-order valence-electron chi connectivity index (χ4n) is 2.34. The Morgan fingerprint density at radius 3 is 2.68 bits per heavy atom. The maximum atomic E-state index is 11.5. The summed E-state index contributed by atoms with van der Waals surface area (Å²) in [4.78, 5) is 11.8. The van der Waals surface area contributed by atoms with E-state index in [0.29, 0.717) is 0 Å². The van der Waals surface area contributed by atoms with Gasteiger partial charge in [-0.15, -0.1) is 0 Å². The molecule has 1 unspecified atom stereocenters. The minimum atomic E-state index is -1.93. The summed E-state index contributed by atoms with van der Waals surface area (Å²) < 4.78 is 18.2. The first kappa shape index (κ1) is 15.2. The lowest BCUT2D eigenvalue weighted by Gasteiger charge is -2.16. The first-order valence-corrected chi connectivity index (χ1v) is 7.44. The maximum Gasteiger partial charge on any atom is 0.223 e. The third-order valence-corrected chi connectivity index (χ3v) is 4.05. The molecular formula is C10H14N6O5S. The Kier molecular flexibility index (Phi) is 3.80. The molecular weight excluding hydrogens is 316 g/mol. The van der Waals surface area contributed by atoms with Crippen molar-refractivity contribution in [1.82, 2.24) is 19.5 Å². The number of hydrogen-bond acceptors (Lipinski definition) is 9. The summed E-state index contributed by atoms with van der Waals surface area (Å²) in [6.07, 6.45) is -3.28. The molecule has 0 spiro atoms. The molecule has 2 aromatic rings. The van der Waals surface area contributed by atoms with E-state index < -0.39 is 42.1 Å². The Hall–Kier alpha value is -1.70. The molecule has 1 aliphatic rings. The van der Waals surface area contributed by atoms with Gasteiger partial charge in [0.15, 0.2) is 16.9 Å². The first-order valence-electron chi connectivity index (χ1n) is 6.22. The quantitative estimate of drug-likeness (QED) is 0.366. The highest BCUT2D eigenvalue weighted by Crippen LogP contribution is 2.31. The van der Waals surface area contributed by atoms with Crippen LogP contribution in [0.2, 0.25) is 0 Å². The van der Waals surface area contributed by atoms with Crippen LogP contribution in [0.15, 0.2) is 11.4 Å². The summed E-state index contributed by atoms with van der Waals surface area (Å²) in [6, 6.07) is 0. The molecule has 22 heavy (non-hydrogen) atoms. The fraction of sp³-hybridized carbons (Fsp3) is 0.500. The van der Waals surface area contributed by atoms with Crippen molar-refractivity contribution in [2.45, 2.75) is 29.6 Å². The van der Waals surface area contributed by atoms with Gasteiger partial charge in [0, 0.05) is 0 Å². The number of rotatable bonds is 3. The van der Waals surface area contributed by atoms with Crippen LogP contribution in [0.1, 0.15) is 6.23 Å². The van der Waals surface area contributed by atoms with Crippen molar-refractivity contribution in [2.24, 2.45) is 5.14 Å². The normalized spacial score (nSPS) is 30.0. The second-order valence-corrected chi connectivity index (χ2v) is 5.72. The van der Waals surface area contributed by atoms with Gasteiger partial charge in [0.2, 0.25) is 5.95 Å². The van der Waals surface area contributed by atoms with Gasteiger partial charge >= 0.3 is 0 Å². The van der Waals surface area contributed by atoms with E-state index >= 15 is 0 Å². The number of nitrogens with zero attached hydrogens (tertiary/aromatic N) is 4. The molecule has 0 saturated carbocycles. The van der Waals surface area contributed by atoms with Gasteiger partial charge in [-0.25, -0.2) is 19.3 Å². The van der Waals surface area contributed by atoms with Crippen molar-refractivity contribution in [3.05, 3.63) is 6.33 Å². The number of fused-ring (bicyclic) bond motifs is 1. The predicted octanol–water partition coefficient (Wildman–Crippen LogP) is -3.00. The Labute approximate surface area is 126 Å². The number of aromatic nitrogens is 4. The molecule has 0 aliphatic carbocycles. The van der Waals surface area contributed by atoms with Crippen LogP contribution < -0.4 is 10.9 Å². The number of nitrogens with two attached hydrogens (primary N) is 2. The number of aliphatic hydroxyl groups excluding tert-OH is 3. The number of nitrogen functional groups attached to an aromatic ring is 1. The van der Waals surface area contributed by atoms with Crippen molar-refractivity contribution in [3.63, 3.8) is 0 Å². The number of hydrogen-bond donors (Lipinski definition) is 5. The average molecular weight is 330 g/mol. The molecule has 7 N–H and O–H groups in total. The van der Waals surface area contributed by atoms with Crippen LogP contribution in [0, 0.1) is 0 Å². The Balaban J connectivity index is 2.11. The van der Waals surface area contributed by atoms with Gasteiger partial charge in [0.1, 0.15) is 34.8 Å². The number of ether oxygens (including phenoxy) is 1. The van der Waals surface area contributed by atoms with E-state index in [2.05, 4.69) is 15.0 Å². The molecule has 12 heteroatoms. The van der Waals surface area contributed by atoms with E-state index in [4.69, 9.17) is 20.7 Å². The number of aliphatic hydroxyl groups is 3. The lowest BCUT2D eigenvalue weighted by Crippen LogP contribution is -2.33. The monoisotopic (exact) mass is 330 g/mol. The summed E-state index contributed by atoms with van der Waals surface area (Å²) in [5.74, 6) is -0.171. The Morgan fingerprint density at radius 1 is 1.36 bits per heavy atom. The second-order valence-electron chi connectivity index (χ2n) is 4.74. The standard InChI is InChI=1S/C10H14N6O5S/c11-10-14-7-4(8(15-10)22(12)20)13-2-16(7)9-6(19)5(18)3(1-17)21-9/h2-3,5-6,9,17-19H,1,12H2,(H2,11,14,15)/t3-,5-,6-,9-,22?/m0/s1. The van der Waals surface area contributed by atoms with Gasteiger partial charge in [-0.3, -0.25) is 4.57 Å². The third kappa shape index (κ3) is 2.25. The van der Waals surface area contributed by atoms with E-state index in [1.54, 1.807) is 0 Å². The van der Waals surface area contributed by atoms with Crippen LogP contribution in [0.4, 0.5) is 5.95 Å². The zero-order valence-corrected chi connectivity index (χ0v) is 11.9. The molecule has 3 heterocycles. The maximum absolute atomic E-state index is 11.5. The van der Waals surface area contributed by atoms with Gasteiger partial charge in [-0.1, -0.05) is 0 Å². The Morgan fingerprint density at radius 2 is 2.09 bits per heavy atom. The van der Waals surface area contributed by atoms with E-state index in [0.717, 1.165) is 0 Å². The Bertz CT molecular complexity index is 738. The zero-order chi connectivity index (χ0) is 16.0. The average Bonchev–Trinajstić information content (AvgIpc) is 3.00. The number of anilines is 1. The van der Waals surface area contributed by atoms with Crippen LogP contribution in [-0.4, -0.2) is 64.0 Å². The smallest absolute Gasteiger partial charge is 0.223 e. The van der Waals surface area contributed by atoms with Gasteiger partial charge in [0.25, 0.3) is 0 Å². The van der Waals surface area contributed by atoms with Gasteiger partial charge in [-0.2, -0.15) is 4.98 Å². The van der Waals surface area contributed by atoms with Crippen LogP contribution in [0.25, 0.3) is 11.2 Å². The number of imidazole rings is 1. The van der Waals surface area contributed by atoms with Crippen molar-refractivity contribution in [2.75, 3.05) is 12.3 Å². The third-order valence-electron chi connectivity index (χ3n) is 3.39. The molecule has 0 aromatic carbocycles. The molecule has 2 aromatic heterocycles. The summed E-state index contributed by atoms with van der Waals surface area (Å²) in [6.45, 7) is -0.462. The fourth-order valence-corrected chi connectivity index (χ4v) is 2.86. The molecule has 0 radical (unpaired) electrons. The molecule has 120 valence electrons. The summed E-state index contributed by atoms with van der Waals surface area (Å²) in [7, 11) is -1.93. The molecule has 1 aliphatic heterocycles. The predicted molar refractivity (Wildman–Crippen MR) is 73.3 cm³/mol. The van der Waals surface area contributed by atoms with Crippen LogP contribution >= 0.6 is 0 Å². The van der Waals surface area contributed by atoms with Crippen LogP contribution in [0.3, 0.4) is 0 Å². The van der Waals surface area contributed by atoms with E-state index in [1.165, 1.54) is 10.9 Å². The van der Waals surface area contributed by atoms with Gasteiger partial charge < -0.3 is 25.8 Å². The van der Waals surface area contributed by atoms with E-state index in [-0.39, 0.29) is 22.1 Å². The molecule has 1 saturated heterocycles. The largest absolute Gasteiger partial charge is 0.394 e. The molecule has 0 amide bonds. The highest BCUT2D eigenvalue weighted by atomic mass is 32.2. The molecule has 3 rings (SSSR count). The van der Waals surface area contributed by atoms with Crippen molar-refractivity contribution in [3.8, 4) is 0 Å². The zero-order valence-electron chi connectivity index (χ0n) is 11.1. The SMILES string of the molecule is Nc1nc(S(N)=O)c2ncn([C@H]3O[C@@H](CO)[C@H](O)[C@@H]3O)c2n1. The van der Waals surface area contributed by atoms with Gasteiger partial charge in [-0.05, 0) is 0 Å². The second kappa shape index (κ2) is 5.49. The highest BCUT2D eigenvalue weighted by molar-refractivity contribution is 7.82. The van der Waals surface area contributed by atoms with Crippen LogP contribution in [-0.2, 0) is 15.7 Å². The minimum absolute atomic E-state index is 0.0482. The van der Waals surface area contributed by atoms with Gasteiger partial charge in [0.05, 0.1) is 12.9 Å². The van der Waals surface area contributed by atoms with E-state index in [1.807, 2.05) is 0 Å². The summed E-state index contributed by atoms with van der Waals surface area (Å²) >= 11 is 0. The lowest BCUT2D eigenvalue weighted by atomic mass is 10.1. The van der Waals surface area contributed by atoms with Crippen molar-refractivity contribution in [1.29, 1.82) is 0 Å². The highest BCUT2D eigenvalue weighted by Gasteiger charge is 2.44. The van der Waals surface area contributed by atoms with Crippen molar-refractivity contribution >= 4 is 28.1 Å².